The highest BCUT2D eigenvalue weighted by molar-refractivity contribution is 8.08. The van der Waals surface area contributed by atoms with E-state index in [0.29, 0.717) is 0 Å². The van der Waals surface area contributed by atoms with Crippen molar-refractivity contribution in [2.45, 2.75) is 151 Å². The maximum atomic E-state index is 12.1. The minimum Gasteiger partial charge on any atom is -0.457 e. The van der Waals surface area contributed by atoms with Crippen LogP contribution in [0.3, 0.4) is 0 Å². The molecule has 0 aliphatic carbocycles. The lowest BCUT2D eigenvalue weighted by Crippen LogP contribution is -2.64. The summed E-state index contributed by atoms with van der Waals surface area (Å²) >= 11 is 34.4. The molecule has 0 radical (unpaired) electrons. The van der Waals surface area contributed by atoms with Crippen LogP contribution >= 0.6 is 52.9 Å². The molecule has 3 amide bonds. The summed E-state index contributed by atoms with van der Waals surface area (Å²) < 4.78 is 154. The summed E-state index contributed by atoms with van der Waals surface area (Å²) in [6.45, 7) is -22.3. The van der Waals surface area contributed by atoms with Crippen molar-refractivity contribution in [3.8, 4) is 0 Å². The number of nitrogens with one attached hydrogen (secondary N) is 3. The molecule has 3 fully saturated rings. The topological polar surface area (TPSA) is 666 Å². The van der Waals surface area contributed by atoms with E-state index in [-0.39, 0.29) is 263 Å². The summed E-state index contributed by atoms with van der Waals surface area (Å²) in [5.74, 6) is -1.55. The molecule has 0 aromatic carbocycles. The molecule has 3 aliphatic rings. The van der Waals surface area contributed by atoms with Gasteiger partial charge in [-0.2, -0.15) is 0 Å². The normalized spacial score (nSPS) is 26.0. The molecule has 3 rings (SSSR count). The standard InChI is InChI=1S/C66H129N3O47P6S7/c1-47(73)67-53-59(79)56(76)50(40-70)114-62(53)98-13-7-19-105-120(86,127)111-37-31-92-25-22-89-28-34-108-117(83,124)102-16-4-10-95-43-66(46-101-65(82)123,44-96-11-5-17-103-118(84,125)109-35-29-90-23-26-93-32-38-112-121(87,128)106-20-8-14-99-63-54(68-48(2)74)60(80)57(77)51(41-71)115-63)45-97-12-6-18-104-119(85,126)110-36-30-91-24-27-94-33-39-113-122(88,129)107-21-9-15-100-64-55(69-49(3)75)61(81)58(78)52(42-72)116-64/h50-64,70-72,76-81H,4-46H2,1-3H3,(H,67,73)(H,68,74)(H,69,75)(H,82,123)(H,83,124)(H,84,125)(H,85,126)(H,86,127)(H,87,128)(H,88,129)/t50-,51-,52-,53+,54+,55+,56+,57+,58+,59-,60-,61-,62-,63-,64-,66?,117?,118?,119?,120?,121?,122?/m1/s1. The second-order valence-electron chi connectivity index (χ2n) is 27.7. The SMILES string of the molecule is CC(=O)N[C@@H]1[C@H](OCCCOP(O)(=S)OCCOCCOCCOP(O)(=S)OCCCOCC(COCCCOP(O)(=S)OCCOCCOCCOP(O)(=S)OCCCO[C@@H]2O[C@H](CO)[C@H](O)[C@H](O)[C@@H]2NC(C)=O)(COCCCOP(O)(=S)OCCOCCOCCOP(O)(=S)OCCCO[C@@H]2O[C@H](CO)[C@H](O)[C@H](O)[C@@H]2NC(C)=O)COC(=O)S)O[C@H](CO)[C@H](O)[C@@H]1O. The molecule has 63 heteroatoms. The highest BCUT2D eigenvalue weighted by Crippen LogP contribution is 2.48. The number of rotatable bonds is 80. The quantitative estimate of drug-likeness (QED) is 0.0124. The first-order valence-electron chi connectivity index (χ1n) is 40.4. The maximum absolute atomic E-state index is 12.1. The molecule has 0 aromatic heterocycles. The van der Waals surface area contributed by atoms with Crippen LogP contribution in [0.1, 0.15) is 59.3 Å². The highest BCUT2D eigenvalue weighted by atomic mass is 32.5. The van der Waals surface area contributed by atoms with E-state index in [1.54, 1.807) is 0 Å². The summed E-state index contributed by atoms with van der Waals surface area (Å²) in [5, 5.41) is 96.8. The number of carbonyl (C=O) groups excluding carboxylic acids is 4. The fraction of sp³-hybridized carbons (Fsp3) is 0.939. The summed E-state index contributed by atoms with van der Waals surface area (Å²) in [6.07, 6.45) is -14.9. The zero-order valence-corrected chi connectivity index (χ0v) is 82.6. The number of aliphatic hydroxyl groups excluding tert-OH is 9. The highest BCUT2D eigenvalue weighted by Gasteiger charge is 2.48. The van der Waals surface area contributed by atoms with Crippen LogP contribution in [0.15, 0.2) is 0 Å². The number of thiol groups is 1. The van der Waals surface area contributed by atoms with Crippen LogP contribution in [0, 0.1) is 5.41 Å². The van der Waals surface area contributed by atoms with Crippen molar-refractivity contribution in [2.75, 3.05) is 244 Å². The van der Waals surface area contributed by atoms with Crippen molar-refractivity contribution < 1.29 is 225 Å². The van der Waals surface area contributed by atoms with Crippen LogP contribution in [-0.2, 0) is 215 Å². The lowest BCUT2D eigenvalue weighted by atomic mass is 9.92. The van der Waals surface area contributed by atoms with Gasteiger partial charge in [-0.3, -0.25) is 14.4 Å². The zero-order chi connectivity index (χ0) is 95.8. The molecule has 3 saturated heterocycles. The van der Waals surface area contributed by atoms with Crippen molar-refractivity contribution in [3.05, 3.63) is 0 Å². The Morgan fingerprint density at radius 2 is 0.488 bits per heavy atom. The van der Waals surface area contributed by atoms with E-state index < -0.39 is 181 Å². The Kier molecular flexibility index (Phi) is 66.5. The molecule has 3 aliphatic heterocycles. The van der Waals surface area contributed by atoms with Gasteiger partial charge in [0.1, 0.15) is 79.7 Å². The van der Waals surface area contributed by atoms with Gasteiger partial charge in [-0.15, -0.1) is 0 Å². The van der Waals surface area contributed by atoms with Gasteiger partial charge in [0.25, 0.3) is 0 Å². The van der Waals surface area contributed by atoms with Crippen LogP contribution in [0.25, 0.3) is 0 Å². The largest absolute Gasteiger partial charge is 0.457 e. The van der Waals surface area contributed by atoms with Crippen molar-refractivity contribution in [3.63, 3.8) is 0 Å². The third-order valence-corrected chi connectivity index (χ3v) is 27.1. The minimum atomic E-state index is -3.76. The van der Waals surface area contributed by atoms with E-state index in [4.69, 9.17) is 201 Å². The molecule has 6 unspecified atom stereocenters. The molecule has 18 N–H and O–H groups in total. The first-order chi connectivity index (χ1) is 61.1. The van der Waals surface area contributed by atoms with Crippen LogP contribution in [-0.4, -0.2) is 435 Å². The Bertz CT molecular complexity index is 3060. The molecule has 0 aromatic rings. The number of hydrogen-bond acceptors (Lipinski definition) is 47. The summed E-state index contributed by atoms with van der Waals surface area (Å²) in [6, 6.07) is -3.39. The number of aliphatic hydroxyl groups is 9. The lowest BCUT2D eigenvalue weighted by molar-refractivity contribution is -0.270. The van der Waals surface area contributed by atoms with Gasteiger partial charge in [0.05, 0.1) is 223 Å². The summed E-state index contributed by atoms with van der Waals surface area (Å²) in [7, 11) is 0. The first-order valence-corrected chi connectivity index (χ1v) is 56.4. The van der Waals surface area contributed by atoms with Gasteiger partial charge in [-0.1, -0.05) is 12.6 Å². The molecule has 50 nitrogen and oxygen atoms in total. The fourth-order valence-corrected chi connectivity index (χ4v) is 18.2. The Morgan fingerprint density at radius 3 is 0.682 bits per heavy atom. The lowest BCUT2D eigenvalue weighted by Gasteiger charge is -2.42. The predicted octanol–water partition coefficient (Wildman–Crippen LogP) is -3.09. The Hall–Kier alpha value is 0.450. The second kappa shape index (κ2) is 69.4. The number of amides is 3. The summed E-state index contributed by atoms with van der Waals surface area (Å²) in [4.78, 5) is 110. The van der Waals surface area contributed by atoms with Gasteiger partial charge in [0, 0.05) is 40.6 Å². The molecule has 3 heterocycles. The molecule has 762 valence electrons. The molecule has 0 spiro atoms. The smallest absolute Gasteiger partial charge is 0.364 e. The van der Waals surface area contributed by atoms with E-state index in [2.05, 4.69) is 28.6 Å². The molecule has 0 bridgehead atoms. The summed E-state index contributed by atoms with van der Waals surface area (Å²) in [5.41, 5.74) is -1.20. The average Bonchev–Trinajstić information content (AvgIpc) is 0.815. The second-order valence-corrected chi connectivity index (χ2v) is 45.1. The van der Waals surface area contributed by atoms with Gasteiger partial charge in [0.15, 0.2) is 18.9 Å². The monoisotopic (exact) mass is 2130 g/mol. The van der Waals surface area contributed by atoms with E-state index in [0.717, 1.165) is 0 Å². The van der Waals surface area contributed by atoms with Gasteiger partial charge >= 0.3 is 45.6 Å². The average molecular weight is 2130 g/mol. The van der Waals surface area contributed by atoms with Gasteiger partial charge in [0.2, 0.25) is 17.7 Å². The van der Waals surface area contributed by atoms with Crippen LogP contribution in [0.2, 0.25) is 0 Å². The van der Waals surface area contributed by atoms with Gasteiger partial charge in [-0.25, -0.2) is 4.79 Å². The molecular formula is C66H129N3O47P6S7. The molecule has 129 heavy (non-hydrogen) atoms. The minimum absolute atomic E-state index is 0.00494. The van der Waals surface area contributed by atoms with Crippen LogP contribution in [0.5, 0.6) is 0 Å². The van der Waals surface area contributed by atoms with Crippen molar-refractivity contribution in [2.24, 2.45) is 5.41 Å². The van der Waals surface area contributed by atoms with Crippen LogP contribution in [0.4, 0.5) is 4.79 Å². The van der Waals surface area contributed by atoms with E-state index in [9.17, 15) is 94.5 Å². The van der Waals surface area contributed by atoms with Gasteiger partial charge in [-0.05, 0) is 109 Å². The molecule has 0 saturated carbocycles. The van der Waals surface area contributed by atoms with E-state index >= 15 is 0 Å². The zero-order valence-electron chi connectivity index (χ0n) is 71.4. The van der Waals surface area contributed by atoms with Crippen molar-refractivity contribution >= 4 is 147 Å². The number of hydrogen-bond donors (Lipinski definition) is 19. The first kappa shape index (κ1) is 124. The third kappa shape index (κ3) is 57.2. The maximum Gasteiger partial charge on any atom is 0.364 e. The van der Waals surface area contributed by atoms with Crippen LogP contribution < -0.4 is 16.0 Å². The Labute approximate surface area is 783 Å². The van der Waals surface area contributed by atoms with Crippen molar-refractivity contribution in [1.82, 2.24) is 16.0 Å². The predicted molar refractivity (Wildman–Crippen MR) is 472 cm³/mol. The fourth-order valence-electron chi connectivity index (χ4n) is 11.0. The molecular weight excluding hydrogens is 2000 g/mol. The van der Waals surface area contributed by atoms with E-state index in [1.807, 2.05) is 0 Å². The van der Waals surface area contributed by atoms with E-state index in [1.165, 1.54) is 20.8 Å². The Morgan fingerprint density at radius 1 is 0.295 bits per heavy atom. The van der Waals surface area contributed by atoms with Gasteiger partial charge < -0.3 is 221 Å². The number of carbonyl (C=O) groups is 4. The number of ether oxygens (including phenoxy) is 16. The van der Waals surface area contributed by atoms with Crippen molar-refractivity contribution in [1.29, 1.82) is 0 Å². The molecule has 21 atom stereocenters. The Balaban J connectivity index is 1.38. The third-order valence-electron chi connectivity index (χ3n) is 17.0.